The fraction of sp³-hybridized carbons (Fsp3) is 0. The van der Waals surface area contributed by atoms with Crippen LogP contribution in [0.5, 0.6) is 0 Å². The Bertz CT molecular complexity index is 832. The van der Waals surface area contributed by atoms with Crippen LogP contribution in [-0.2, 0) is 0 Å². The molecule has 1 aromatic carbocycles. The predicted molar refractivity (Wildman–Crippen MR) is 77.4 cm³/mol. The standard InChI is InChI=1S/C14H9ClFN3O2/c15-8-2-1-3-9(16)11(8)12-13(21-19-14(12)17)7-4-5-10(20)18-6-7/h1-6H,(H2,17,19)(H,18,20). The van der Waals surface area contributed by atoms with Crippen LogP contribution in [-0.4, -0.2) is 10.1 Å². The van der Waals surface area contributed by atoms with E-state index < -0.39 is 5.82 Å². The Morgan fingerprint density at radius 2 is 2.05 bits per heavy atom. The van der Waals surface area contributed by atoms with Gasteiger partial charge in [0.2, 0.25) is 5.56 Å². The quantitative estimate of drug-likeness (QED) is 0.762. The SMILES string of the molecule is Nc1noc(-c2ccc(=O)[nH]c2)c1-c1c(F)cccc1Cl. The van der Waals surface area contributed by atoms with Gasteiger partial charge in [-0.15, -0.1) is 0 Å². The summed E-state index contributed by atoms with van der Waals surface area (Å²) < 4.78 is 19.2. The molecule has 0 aliphatic rings. The topological polar surface area (TPSA) is 84.9 Å². The number of aromatic nitrogens is 2. The van der Waals surface area contributed by atoms with Crippen LogP contribution < -0.4 is 11.3 Å². The van der Waals surface area contributed by atoms with E-state index in [1.165, 1.54) is 30.5 Å². The number of anilines is 1. The smallest absolute Gasteiger partial charge is 0.247 e. The van der Waals surface area contributed by atoms with E-state index >= 15 is 0 Å². The maximum atomic E-state index is 14.1. The summed E-state index contributed by atoms with van der Waals surface area (Å²) in [6, 6.07) is 7.15. The molecule has 0 saturated carbocycles. The number of aromatic amines is 1. The summed E-state index contributed by atoms with van der Waals surface area (Å²) >= 11 is 6.05. The molecular weight excluding hydrogens is 297 g/mol. The molecule has 2 aromatic heterocycles. The van der Waals surface area contributed by atoms with Crippen LogP contribution in [0.2, 0.25) is 5.02 Å². The molecule has 2 heterocycles. The monoisotopic (exact) mass is 305 g/mol. The molecule has 0 spiro atoms. The lowest BCUT2D eigenvalue weighted by molar-refractivity contribution is 0.436. The molecule has 3 N–H and O–H groups in total. The summed E-state index contributed by atoms with van der Waals surface area (Å²) in [7, 11) is 0. The third-order valence-corrected chi connectivity index (χ3v) is 3.29. The molecule has 0 aliphatic heterocycles. The second-order valence-corrected chi connectivity index (χ2v) is 4.72. The molecule has 3 aromatic rings. The number of nitrogens with one attached hydrogen (secondary N) is 1. The molecular formula is C14H9ClFN3O2. The number of benzene rings is 1. The Hall–Kier alpha value is -2.60. The first kappa shape index (κ1) is 13.4. The van der Waals surface area contributed by atoms with Gasteiger partial charge in [0.1, 0.15) is 5.82 Å². The van der Waals surface area contributed by atoms with E-state index in [9.17, 15) is 9.18 Å². The first-order chi connectivity index (χ1) is 10.1. The number of hydrogen-bond donors (Lipinski definition) is 2. The molecule has 0 radical (unpaired) electrons. The number of H-pyrrole nitrogens is 1. The highest BCUT2D eigenvalue weighted by Gasteiger charge is 2.22. The van der Waals surface area contributed by atoms with Gasteiger partial charge >= 0.3 is 0 Å². The summed E-state index contributed by atoms with van der Waals surface area (Å²) in [5.74, 6) is -0.290. The normalized spacial score (nSPS) is 10.8. The van der Waals surface area contributed by atoms with Crippen LogP contribution in [0.15, 0.2) is 45.8 Å². The number of nitrogens with two attached hydrogens (primary N) is 1. The van der Waals surface area contributed by atoms with E-state index in [1.807, 2.05) is 0 Å². The molecule has 0 unspecified atom stereocenters. The van der Waals surface area contributed by atoms with Gasteiger partial charge in [-0.2, -0.15) is 0 Å². The number of halogens is 2. The predicted octanol–water partition coefficient (Wildman–Crippen LogP) is 3.07. The Labute approximate surface area is 123 Å². The zero-order chi connectivity index (χ0) is 15.0. The van der Waals surface area contributed by atoms with Crippen LogP contribution in [0.4, 0.5) is 10.2 Å². The summed E-state index contributed by atoms with van der Waals surface area (Å²) in [5, 5.41) is 3.85. The summed E-state index contributed by atoms with van der Waals surface area (Å²) in [5.41, 5.74) is 6.38. The van der Waals surface area contributed by atoms with Crippen LogP contribution in [0.3, 0.4) is 0 Å². The van der Waals surface area contributed by atoms with Gasteiger partial charge in [0.15, 0.2) is 11.6 Å². The highest BCUT2D eigenvalue weighted by Crippen LogP contribution is 2.40. The highest BCUT2D eigenvalue weighted by molar-refractivity contribution is 6.33. The lowest BCUT2D eigenvalue weighted by atomic mass is 10.0. The van der Waals surface area contributed by atoms with Gasteiger partial charge in [-0.25, -0.2) is 4.39 Å². The van der Waals surface area contributed by atoms with Gasteiger partial charge in [-0.3, -0.25) is 4.79 Å². The van der Waals surface area contributed by atoms with Crippen LogP contribution >= 0.6 is 11.6 Å². The second-order valence-electron chi connectivity index (χ2n) is 4.31. The molecule has 5 nitrogen and oxygen atoms in total. The molecule has 0 atom stereocenters. The van der Waals surface area contributed by atoms with E-state index in [2.05, 4.69) is 10.1 Å². The van der Waals surface area contributed by atoms with Gasteiger partial charge in [0.05, 0.1) is 10.6 Å². The number of pyridine rings is 1. The molecule has 7 heteroatoms. The van der Waals surface area contributed by atoms with Crippen LogP contribution in [0.25, 0.3) is 22.5 Å². The van der Waals surface area contributed by atoms with Crippen molar-refractivity contribution >= 4 is 17.4 Å². The van der Waals surface area contributed by atoms with Crippen molar-refractivity contribution in [3.05, 3.63) is 57.7 Å². The van der Waals surface area contributed by atoms with E-state index in [0.717, 1.165) is 0 Å². The maximum Gasteiger partial charge on any atom is 0.247 e. The summed E-state index contributed by atoms with van der Waals surface area (Å²) in [6.45, 7) is 0. The number of nitrogen functional groups attached to an aromatic ring is 1. The molecule has 0 saturated heterocycles. The average Bonchev–Trinajstić information content (AvgIpc) is 2.82. The lowest BCUT2D eigenvalue weighted by Gasteiger charge is -2.06. The average molecular weight is 306 g/mol. The Morgan fingerprint density at radius 1 is 1.24 bits per heavy atom. The Morgan fingerprint density at radius 3 is 2.71 bits per heavy atom. The first-order valence-corrected chi connectivity index (χ1v) is 6.34. The van der Waals surface area contributed by atoms with Gasteiger partial charge in [0.25, 0.3) is 0 Å². The highest BCUT2D eigenvalue weighted by atomic mass is 35.5. The fourth-order valence-electron chi connectivity index (χ4n) is 2.03. The van der Waals surface area contributed by atoms with Crippen LogP contribution in [0.1, 0.15) is 0 Å². The fourth-order valence-corrected chi connectivity index (χ4v) is 2.29. The van der Waals surface area contributed by atoms with Crippen molar-refractivity contribution in [2.75, 3.05) is 5.73 Å². The number of rotatable bonds is 2. The first-order valence-electron chi connectivity index (χ1n) is 5.96. The molecule has 0 fully saturated rings. The molecule has 3 rings (SSSR count). The molecule has 0 aliphatic carbocycles. The second kappa shape index (κ2) is 5.06. The van der Waals surface area contributed by atoms with Crippen molar-refractivity contribution in [3.8, 4) is 22.5 Å². The van der Waals surface area contributed by atoms with Gasteiger partial charge in [-0.1, -0.05) is 22.8 Å². The lowest BCUT2D eigenvalue weighted by Crippen LogP contribution is -2.01. The van der Waals surface area contributed by atoms with E-state index in [-0.39, 0.29) is 33.3 Å². The minimum absolute atomic E-state index is 0.0169. The largest absolute Gasteiger partial charge is 0.380 e. The molecule has 106 valence electrons. The van der Waals surface area contributed by atoms with Gasteiger partial charge in [0, 0.05) is 23.4 Å². The van der Waals surface area contributed by atoms with Crippen molar-refractivity contribution in [2.24, 2.45) is 0 Å². The Balaban J connectivity index is 2.27. The maximum absolute atomic E-state index is 14.1. The molecule has 0 amide bonds. The third kappa shape index (κ3) is 2.30. The minimum Gasteiger partial charge on any atom is -0.380 e. The number of nitrogens with zero attached hydrogens (tertiary/aromatic N) is 1. The van der Waals surface area contributed by atoms with Gasteiger partial charge in [-0.05, 0) is 18.2 Å². The van der Waals surface area contributed by atoms with E-state index in [0.29, 0.717) is 5.56 Å². The molecule has 0 bridgehead atoms. The van der Waals surface area contributed by atoms with Crippen LogP contribution in [0, 0.1) is 5.82 Å². The zero-order valence-corrected chi connectivity index (χ0v) is 11.3. The van der Waals surface area contributed by atoms with Crippen molar-refractivity contribution < 1.29 is 8.91 Å². The van der Waals surface area contributed by atoms with Crippen molar-refractivity contribution in [2.45, 2.75) is 0 Å². The van der Waals surface area contributed by atoms with E-state index in [4.69, 9.17) is 21.9 Å². The summed E-state index contributed by atoms with van der Waals surface area (Å²) in [6.07, 6.45) is 1.43. The number of hydrogen-bond acceptors (Lipinski definition) is 4. The Kier molecular flexibility index (Phi) is 3.23. The van der Waals surface area contributed by atoms with Crippen molar-refractivity contribution in [3.63, 3.8) is 0 Å². The third-order valence-electron chi connectivity index (χ3n) is 2.98. The van der Waals surface area contributed by atoms with E-state index in [1.54, 1.807) is 6.07 Å². The van der Waals surface area contributed by atoms with Crippen molar-refractivity contribution in [1.82, 2.24) is 10.1 Å². The zero-order valence-electron chi connectivity index (χ0n) is 10.6. The van der Waals surface area contributed by atoms with Gasteiger partial charge < -0.3 is 15.2 Å². The molecule has 21 heavy (non-hydrogen) atoms. The summed E-state index contributed by atoms with van der Waals surface area (Å²) in [4.78, 5) is 13.6. The minimum atomic E-state index is -0.539. The van der Waals surface area contributed by atoms with Crippen molar-refractivity contribution in [1.29, 1.82) is 0 Å².